The van der Waals surface area contributed by atoms with Gasteiger partial charge < -0.3 is 0 Å². The summed E-state index contributed by atoms with van der Waals surface area (Å²) in [5.74, 6) is 0. The van der Waals surface area contributed by atoms with Gasteiger partial charge in [-0.3, -0.25) is 0 Å². The molecule has 0 saturated heterocycles. The third-order valence-corrected chi connectivity index (χ3v) is 7.08. The highest BCUT2D eigenvalue weighted by Gasteiger charge is 2.21. The Morgan fingerprint density at radius 2 is 1.72 bits per heavy atom. The van der Waals surface area contributed by atoms with E-state index in [1.54, 1.807) is 23.9 Å². The van der Waals surface area contributed by atoms with Crippen LogP contribution in [0.25, 0.3) is 0 Å². The molecule has 0 aliphatic heterocycles. The molecular formula is C20H25NO2S2. The number of benzene rings is 2. The fraction of sp³-hybridized carbons (Fsp3) is 0.400. The van der Waals surface area contributed by atoms with Crippen LogP contribution < -0.4 is 4.72 Å². The third kappa shape index (κ3) is 4.27. The molecule has 0 unspecified atom stereocenters. The first kappa shape index (κ1) is 18.5. The lowest BCUT2D eigenvalue weighted by molar-refractivity contribution is 0.549. The molecule has 1 N–H and O–H groups in total. The van der Waals surface area contributed by atoms with Gasteiger partial charge in [-0.25, -0.2) is 13.1 Å². The minimum absolute atomic E-state index is 0.197. The largest absolute Gasteiger partial charge is 0.241 e. The van der Waals surface area contributed by atoms with Crippen molar-refractivity contribution in [1.82, 2.24) is 4.72 Å². The summed E-state index contributed by atoms with van der Waals surface area (Å²) in [6.07, 6.45) is 7.41. The van der Waals surface area contributed by atoms with Crippen LogP contribution in [0, 0.1) is 0 Å². The Labute approximate surface area is 155 Å². The van der Waals surface area contributed by atoms with Crippen LogP contribution in [0.4, 0.5) is 0 Å². The molecule has 0 radical (unpaired) electrons. The second-order valence-corrected chi connectivity index (χ2v) is 9.09. The van der Waals surface area contributed by atoms with Gasteiger partial charge in [0.25, 0.3) is 0 Å². The SMILES string of the molecule is CC[C@H](NS(=O)(=O)c1ccc(SC)cc1)c1ccc2c(c1)CCCC2. The molecule has 0 amide bonds. The minimum Gasteiger partial charge on any atom is -0.207 e. The van der Waals surface area contributed by atoms with Crippen molar-refractivity contribution < 1.29 is 8.42 Å². The molecule has 1 aliphatic carbocycles. The molecule has 25 heavy (non-hydrogen) atoms. The number of nitrogens with one attached hydrogen (secondary N) is 1. The molecule has 0 bridgehead atoms. The van der Waals surface area contributed by atoms with Gasteiger partial charge in [-0.1, -0.05) is 25.1 Å². The molecule has 3 nitrogen and oxygen atoms in total. The Morgan fingerprint density at radius 3 is 2.36 bits per heavy atom. The van der Waals surface area contributed by atoms with Gasteiger partial charge in [-0.2, -0.15) is 0 Å². The number of thioether (sulfide) groups is 1. The third-order valence-electron chi connectivity index (χ3n) is 4.85. The number of fused-ring (bicyclic) bond motifs is 1. The Kier molecular flexibility index (Phi) is 5.87. The summed E-state index contributed by atoms with van der Waals surface area (Å²) in [6.45, 7) is 2.02. The van der Waals surface area contributed by atoms with E-state index in [4.69, 9.17) is 0 Å². The van der Waals surface area contributed by atoms with E-state index in [2.05, 4.69) is 22.9 Å². The van der Waals surface area contributed by atoms with Crippen LogP contribution in [0.3, 0.4) is 0 Å². The maximum atomic E-state index is 12.7. The lowest BCUT2D eigenvalue weighted by atomic mass is 9.89. The summed E-state index contributed by atoms with van der Waals surface area (Å²) in [5.41, 5.74) is 3.86. The summed E-state index contributed by atoms with van der Waals surface area (Å²) in [4.78, 5) is 1.38. The standard InChI is InChI=1S/C20H25NO2S2/c1-3-20(17-9-8-15-6-4-5-7-16(15)14-17)21-25(22,23)19-12-10-18(24-2)11-13-19/h8-14,20-21H,3-7H2,1-2H3/t20-/m0/s1. The molecule has 3 rings (SSSR count). The number of hydrogen-bond acceptors (Lipinski definition) is 3. The number of hydrogen-bond donors (Lipinski definition) is 1. The van der Waals surface area contributed by atoms with E-state index in [9.17, 15) is 8.42 Å². The van der Waals surface area contributed by atoms with Crippen molar-refractivity contribution in [3.8, 4) is 0 Å². The minimum atomic E-state index is -3.53. The average Bonchev–Trinajstić information content (AvgIpc) is 2.65. The lowest BCUT2D eigenvalue weighted by Crippen LogP contribution is -2.28. The van der Waals surface area contributed by atoms with Crippen LogP contribution in [0.15, 0.2) is 52.3 Å². The highest BCUT2D eigenvalue weighted by atomic mass is 32.2. The molecule has 5 heteroatoms. The van der Waals surface area contributed by atoms with Gasteiger partial charge in [-0.15, -0.1) is 11.8 Å². The summed E-state index contributed by atoms with van der Waals surface area (Å²) in [7, 11) is -3.53. The van der Waals surface area contributed by atoms with E-state index in [0.717, 1.165) is 29.7 Å². The Bertz CT molecular complexity index is 829. The first-order valence-corrected chi connectivity index (χ1v) is 11.5. The van der Waals surface area contributed by atoms with Gasteiger partial charge in [0, 0.05) is 10.9 Å². The Hall–Kier alpha value is -1.30. The average molecular weight is 376 g/mol. The Morgan fingerprint density at radius 1 is 1.04 bits per heavy atom. The van der Waals surface area contributed by atoms with Gasteiger partial charge in [0.15, 0.2) is 0 Å². The fourth-order valence-corrected chi connectivity index (χ4v) is 5.08. The van der Waals surface area contributed by atoms with Crippen LogP contribution >= 0.6 is 11.8 Å². The van der Waals surface area contributed by atoms with Gasteiger partial charge in [0.2, 0.25) is 10.0 Å². The summed E-state index contributed by atoms with van der Waals surface area (Å²) >= 11 is 1.60. The van der Waals surface area contributed by atoms with Crippen LogP contribution in [0.1, 0.15) is 48.9 Å². The highest BCUT2D eigenvalue weighted by Crippen LogP contribution is 2.27. The van der Waals surface area contributed by atoms with Crippen LogP contribution in [0.2, 0.25) is 0 Å². The molecule has 0 aromatic heterocycles. The molecular weight excluding hydrogens is 350 g/mol. The molecule has 0 fully saturated rings. The summed E-state index contributed by atoms with van der Waals surface area (Å²) in [6, 6.07) is 13.3. The lowest BCUT2D eigenvalue weighted by Gasteiger charge is -2.21. The van der Waals surface area contributed by atoms with Crippen molar-refractivity contribution in [2.45, 2.75) is 54.9 Å². The quantitative estimate of drug-likeness (QED) is 0.743. The molecule has 0 spiro atoms. The summed E-state index contributed by atoms with van der Waals surface area (Å²) < 4.78 is 28.4. The zero-order chi connectivity index (χ0) is 17.9. The molecule has 2 aromatic rings. The molecule has 0 saturated carbocycles. The number of aryl methyl sites for hydroxylation is 2. The van der Waals surface area contributed by atoms with E-state index in [-0.39, 0.29) is 6.04 Å². The fourth-order valence-electron chi connectivity index (χ4n) is 3.37. The van der Waals surface area contributed by atoms with Gasteiger partial charge >= 0.3 is 0 Å². The van der Waals surface area contributed by atoms with Gasteiger partial charge in [0.1, 0.15) is 0 Å². The monoisotopic (exact) mass is 375 g/mol. The van der Waals surface area contributed by atoms with Crippen molar-refractivity contribution in [3.05, 3.63) is 59.2 Å². The maximum Gasteiger partial charge on any atom is 0.241 e. The molecule has 2 aromatic carbocycles. The maximum absolute atomic E-state index is 12.7. The Balaban J connectivity index is 1.83. The zero-order valence-electron chi connectivity index (χ0n) is 14.8. The van der Waals surface area contributed by atoms with Gasteiger partial charge in [0.05, 0.1) is 4.90 Å². The number of rotatable bonds is 6. The van der Waals surface area contributed by atoms with Crippen LogP contribution in [-0.2, 0) is 22.9 Å². The normalized spacial score (nSPS) is 15.6. The van der Waals surface area contributed by atoms with Crippen molar-refractivity contribution in [2.24, 2.45) is 0 Å². The van der Waals surface area contributed by atoms with Crippen LogP contribution in [0.5, 0.6) is 0 Å². The van der Waals surface area contributed by atoms with Crippen molar-refractivity contribution >= 4 is 21.8 Å². The molecule has 0 heterocycles. The number of sulfonamides is 1. The topological polar surface area (TPSA) is 46.2 Å². The summed E-state index contributed by atoms with van der Waals surface area (Å²) in [5, 5.41) is 0. The van der Waals surface area contributed by atoms with Crippen LogP contribution in [-0.4, -0.2) is 14.7 Å². The molecule has 1 atom stereocenters. The van der Waals surface area contributed by atoms with Crippen molar-refractivity contribution in [2.75, 3.05) is 6.26 Å². The van der Waals surface area contributed by atoms with E-state index in [1.807, 2.05) is 25.3 Å². The molecule has 134 valence electrons. The van der Waals surface area contributed by atoms with E-state index >= 15 is 0 Å². The predicted molar refractivity (Wildman–Crippen MR) is 105 cm³/mol. The van der Waals surface area contributed by atoms with E-state index in [1.165, 1.54) is 24.0 Å². The predicted octanol–water partition coefficient (Wildman–Crippen LogP) is 4.72. The van der Waals surface area contributed by atoms with Crippen molar-refractivity contribution in [3.63, 3.8) is 0 Å². The smallest absolute Gasteiger partial charge is 0.207 e. The van der Waals surface area contributed by atoms with E-state index < -0.39 is 10.0 Å². The highest BCUT2D eigenvalue weighted by molar-refractivity contribution is 7.98. The van der Waals surface area contributed by atoms with Gasteiger partial charge in [-0.05, 0) is 79.3 Å². The molecule has 1 aliphatic rings. The second-order valence-electron chi connectivity index (χ2n) is 6.49. The first-order chi connectivity index (χ1) is 12.0. The zero-order valence-corrected chi connectivity index (χ0v) is 16.4. The second kappa shape index (κ2) is 7.94. The van der Waals surface area contributed by atoms with Crippen molar-refractivity contribution in [1.29, 1.82) is 0 Å². The van der Waals surface area contributed by atoms with E-state index in [0.29, 0.717) is 4.90 Å². The first-order valence-electron chi connectivity index (χ1n) is 8.81.